The summed E-state index contributed by atoms with van der Waals surface area (Å²) in [6.07, 6.45) is 2.23. The smallest absolute Gasteiger partial charge is 0.335 e. The molecule has 2 aromatic carbocycles. The summed E-state index contributed by atoms with van der Waals surface area (Å²) in [6, 6.07) is 12.1. The lowest BCUT2D eigenvalue weighted by molar-refractivity contribution is 0.0696. The molecule has 3 rings (SSSR count). The summed E-state index contributed by atoms with van der Waals surface area (Å²) < 4.78 is 0. The number of benzene rings is 2. The van der Waals surface area contributed by atoms with Gasteiger partial charge in [0.1, 0.15) is 0 Å². The maximum atomic E-state index is 12.3. The van der Waals surface area contributed by atoms with E-state index < -0.39 is 5.97 Å². The van der Waals surface area contributed by atoms with Crippen molar-refractivity contribution >= 4 is 22.8 Å². The number of carboxylic acid groups (broad SMARTS) is 1. The summed E-state index contributed by atoms with van der Waals surface area (Å²) in [7, 11) is 0. The van der Waals surface area contributed by atoms with E-state index in [4.69, 9.17) is 5.11 Å². The van der Waals surface area contributed by atoms with Crippen LogP contribution < -0.4 is 5.32 Å². The second-order valence-corrected chi connectivity index (χ2v) is 5.15. The third-order valence-corrected chi connectivity index (χ3v) is 3.59. The summed E-state index contributed by atoms with van der Waals surface area (Å²) in [5.41, 5.74) is 2.36. The minimum absolute atomic E-state index is 0.186. The number of aromatic carboxylic acids is 1. The zero-order valence-electron chi connectivity index (χ0n) is 12.2. The van der Waals surface area contributed by atoms with Crippen LogP contribution in [-0.4, -0.2) is 33.7 Å². The second kappa shape index (κ2) is 6.31. The molecule has 0 spiro atoms. The molecule has 23 heavy (non-hydrogen) atoms. The number of nitrogens with one attached hydrogen (secondary N) is 2. The van der Waals surface area contributed by atoms with Gasteiger partial charge < -0.3 is 10.4 Å². The lowest BCUT2D eigenvalue weighted by Crippen LogP contribution is -2.26. The van der Waals surface area contributed by atoms with Gasteiger partial charge >= 0.3 is 5.97 Å². The van der Waals surface area contributed by atoms with Crippen LogP contribution in [0.2, 0.25) is 0 Å². The van der Waals surface area contributed by atoms with E-state index >= 15 is 0 Å². The summed E-state index contributed by atoms with van der Waals surface area (Å²) in [5.74, 6) is -1.14. The van der Waals surface area contributed by atoms with Crippen molar-refractivity contribution < 1.29 is 14.7 Å². The molecule has 0 fully saturated rings. The number of hydrogen-bond acceptors (Lipinski definition) is 3. The van der Waals surface area contributed by atoms with Gasteiger partial charge in [-0.3, -0.25) is 9.89 Å². The fourth-order valence-electron chi connectivity index (χ4n) is 2.43. The average molecular weight is 309 g/mol. The van der Waals surface area contributed by atoms with Crippen LogP contribution in [0.25, 0.3) is 10.9 Å². The number of aromatic amines is 1. The molecule has 0 saturated heterocycles. The normalized spacial score (nSPS) is 10.6. The number of para-hydroxylation sites is 1. The Hall–Kier alpha value is -3.15. The third kappa shape index (κ3) is 3.21. The van der Waals surface area contributed by atoms with E-state index in [9.17, 15) is 9.59 Å². The predicted octanol–water partition coefficient (Wildman–Crippen LogP) is 2.23. The molecule has 3 aromatic rings. The molecule has 0 saturated carbocycles. The molecule has 3 N–H and O–H groups in total. The van der Waals surface area contributed by atoms with Gasteiger partial charge in [0.05, 0.1) is 22.8 Å². The van der Waals surface area contributed by atoms with Gasteiger partial charge in [-0.25, -0.2) is 4.79 Å². The van der Waals surface area contributed by atoms with Gasteiger partial charge in [-0.05, 0) is 30.2 Å². The first-order chi connectivity index (χ1) is 11.1. The molecular weight excluding hydrogens is 294 g/mol. The third-order valence-electron chi connectivity index (χ3n) is 3.59. The number of nitrogens with zero attached hydrogens (tertiary/aromatic N) is 1. The standard InChI is InChI=1S/C17H15N3O3/c21-16(14-6-2-5-13-10-19-20-15(13)14)18-8-7-11-3-1-4-12(9-11)17(22)23/h1-6,9-10H,7-8H2,(H,18,21)(H,19,20)(H,22,23). The lowest BCUT2D eigenvalue weighted by atomic mass is 10.1. The van der Waals surface area contributed by atoms with Gasteiger partial charge in [-0.1, -0.05) is 24.3 Å². The van der Waals surface area contributed by atoms with Gasteiger partial charge in [0.15, 0.2) is 0 Å². The maximum absolute atomic E-state index is 12.3. The lowest BCUT2D eigenvalue weighted by Gasteiger charge is -2.07. The molecule has 0 aliphatic rings. The Morgan fingerprint density at radius 2 is 2.00 bits per heavy atom. The topological polar surface area (TPSA) is 95.1 Å². The van der Waals surface area contributed by atoms with Crippen molar-refractivity contribution in [2.75, 3.05) is 6.54 Å². The zero-order valence-corrected chi connectivity index (χ0v) is 12.2. The molecule has 1 aromatic heterocycles. The molecule has 0 bridgehead atoms. The Morgan fingerprint density at radius 1 is 1.17 bits per heavy atom. The van der Waals surface area contributed by atoms with E-state index in [0.29, 0.717) is 24.0 Å². The van der Waals surface area contributed by atoms with Crippen LogP contribution in [0.15, 0.2) is 48.7 Å². The fraction of sp³-hybridized carbons (Fsp3) is 0.118. The Kier molecular flexibility index (Phi) is 4.05. The van der Waals surface area contributed by atoms with Crippen molar-refractivity contribution in [3.8, 4) is 0 Å². The van der Waals surface area contributed by atoms with Gasteiger partial charge in [0.25, 0.3) is 5.91 Å². The largest absolute Gasteiger partial charge is 0.478 e. The summed E-state index contributed by atoms with van der Waals surface area (Å²) in [4.78, 5) is 23.2. The number of hydrogen-bond donors (Lipinski definition) is 3. The van der Waals surface area contributed by atoms with Gasteiger partial charge in [0.2, 0.25) is 0 Å². The number of amides is 1. The predicted molar refractivity (Wildman–Crippen MR) is 85.5 cm³/mol. The number of aromatic nitrogens is 2. The number of carboxylic acids is 1. The molecule has 0 unspecified atom stereocenters. The molecule has 6 heteroatoms. The second-order valence-electron chi connectivity index (χ2n) is 5.15. The monoisotopic (exact) mass is 309 g/mol. The SMILES string of the molecule is O=C(O)c1cccc(CCNC(=O)c2cccc3cn[nH]c23)c1. The first-order valence-corrected chi connectivity index (χ1v) is 7.17. The molecule has 6 nitrogen and oxygen atoms in total. The van der Waals surface area contributed by atoms with Crippen LogP contribution in [0.1, 0.15) is 26.3 Å². The fourth-order valence-corrected chi connectivity index (χ4v) is 2.43. The van der Waals surface area contributed by atoms with E-state index in [1.807, 2.05) is 18.2 Å². The first kappa shape index (κ1) is 14.8. The van der Waals surface area contributed by atoms with Crippen molar-refractivity contribution in [1.82, 2.24) is 15.5 Å². The minimum Gasteiger partial charge on any atom is -0.478 e. The van der Waals surface area contributed by atoms with Crippen LogP contribution in [0.4, 0.5) is 0 Å². The van der Waals surface area contributed by atoms with Gasteiger partial charge in [-0.2, -0.15) is 5.10 Å². The van der Waals surface area contributed by atoms with E-state index in [-0.39, 0.29) is 11.5 Å². The Labute approximate surface area is 132 Å². The van der Waals surface area contributed by atoms with Crippen molar-refractivity contribution in [3.05, 3.63) is 65.4 Å². The Balaban J connectivity index is 1.65. The van der Waals surface area contributed by atoms with E-state index in [1.165, 1.54) is 0 Å². The summed E-state index contributed by atoms with van der Waals surface area (Å²) in [6.45, 7) is 0.423. The van der Waals surface area contributed by atoms with Crippen LogP contribution in [-0.2, 0) is 6.42 Å². The number of carbonyl (C=O) groups is 2. The maximum Gasteiger partial charge on any atom is 0.335 e. The molecule has 0 aliphatic carbocycles. The molecule has 0 radical (unpaired) electrons. The molecule has 0 atom stereocenters. The average Bonchev–Trinajstić information content (AvgIpc) is 3.03. The molecule has 1 heterocycles. The Bertz CT molecular complexity index is 870. The number of carbonyl (C=O) groups excluding carboxylic acids is 1. The molecule has 0 aliphatic heterocycles. The highest BCUT2D eigenvalue weighted by molar-refractivity contribution is 6.05. The highest BCUT2D eigenvalue weighted by Crippen LogP contribution is 2.15. The number of fused-ring (bicyclic) bond motifs is 1. The van der Waals surface area contributed by atoms with Crippen molar-refractivity contribution in [2.45, 2.75) is 6.42 Å². The van der Waals surface area contributed by atoms with Crippen LogP contribution in [0.5, 0.6) is 0 Å². The van der Waals surface area contributed by atoms with Gasteiger partial charge in [0, 0.05) is 11.9 Å². The van der Waals surface area contributed by atoms with Crippen molar-refractivity contribution in [3.63, 3.8) is 0 Å². The summed E-state index contributed by atoms with van der Waals surface area (Å²) >= 11 is 0. The van der Waals surface area contributed by atoms with E-state index in [2.05, 4.69) is 15.5 Å². The minimum atomic E-state index is -0.957. The molecule has 116 valence electrons. The zero-order chi connectivity index (χ0) is 16.2. The molecular formula is C17H15N3O3. The number of rotatable bonds is 5. The quantitative estimate of drug-likeness (QED) is 0.673. The van der Waals surface area contributed by atoms with E-state index in [0.717, 1.165) is 10.9 Å². The van der Waals surface area contributed by atoms with Crippen LogP contribution >= 0.6 is 0 Å². The van der Waals surface area contributed by atoms with Crippen molar-refractivity contribution in [1.29, 1.82) is 0 Å². The highest BCUT2D eigenvalue weighted by Gasteiger charge is 2.10. The first-order valence-electron chi connectivity index (χ1n) is 7.17. The highest BCUT2D eigenvalue weighted by atomic mass is 16.4. The Morgan fingerprint density at radius 3 is 2.83 bits per heavy atom. The number of H-pyrrole nitrogens is 1. The van der Waals surface area contributed by atoms with Gasteiger partial charge in [-0.15, -0.1) is 0 Å². The van der Waals surface area contributed by atoms with Crippen molar-refractivity contribution in [2.24, 2.45) is 0 Å². The van der Waals surface area contributed by atoms with Crippen LogP contribution in [0, 0.1) is 0 Å². The molecule has 1 amide bonds. The van der Waals surface area contributed by atoms with E-state index in [1.54, 1.807) is 30.5 Å². The summed E-state index contributed by atoms with van der Waals surface area (Å²) in [5, 5.41) is 19.5. The van der Waals surface area contributed by atoms with Crippen LogP contribution in [0.3, 0.4) is 0 Å².